The molecule has 0 N–H and O–H groups in total. The summed E-state index contributed by atoms with van der Waals surface area (Å²) in [6, 6.07) is 18.4. The first kappa shape index (κ1) is 16.8. The lowest BCUT2D eigenvalue weighted by molar-refractivity contribution is 0.318. The van der Waals surface area contributed by atoms with Gasteiger partial charge in [0, 0.05) is 18.7 Å². The summed E-state index contributed by atoms with van der Waals surface area (Å²) in [6.07, 6.45) is 2.14. The van der Waals surface area contributed by atoms with Gasteiger partial charge in [-0.25, -0.2) is 0 Å². The molecule has 134 valence electrons. The van der Waals surface area contributed by atoms with Gasteiger partial charge in [0.1, 0.15) is 5.75 Å². The number of ether oxygens (including phenoxy) is 1. The molecule has 0 spiro atoms. The van der Waals surface area contributed by atoms with Gasteiger partial charge in [-0.1, -0.05) is 47.6 Å². The Morgan fingerprint density at radius 1 is 1.15 bits per heavy atom. The number of benzene rings is 2. The van der Waals surface area contributed by atoms with E-state index in [9.17, 15) is 0 Å². The summed E-state index contributed by atoms with van der Waals surface area (Å²) < 4.78 is 10.8. The first-order valence-electron chi connectivity index (χ1n) is 9.06. The first-order valence-corrected chi connectivity index (χ1v) is 9.06. The maximum absolute atomic E-state index is 5.56. The maximum atomic E-state index is 5.56. The van der Waals surface area contributed by atoms with Crippen LogP contribution in [0.25, 0.3) is 11.4 Å². The molecule has 3 aromatic rings. The highest BCUT2D eigenvalue weighted by Gasteiger charge is 2.28. The van der Waals surface area contributed by atoms with Crippen LogP contribution < -0.4 is 4.74 Å². The minimum atomic E-state index is 0.317. The van der Waals surface area contributed by atoms with Gasteiger partial charge in [0.2, 0.25) is 11.7 Å². The summed E-state index contributed by atoms with van der Waals surface area (Å²) >= 11 is 0. The van der Waals surface area contributed by atoms with Crippen LogP contribution in [0, 0.1) is 0 Å². The van der Waals surface area contributed by atoms with Crippen molar-refractivity contribution in [2.24, 2.45) is 0 Å². The molecule has 1 aromatic heterocycles. The van der Waals surface area contributed by atoms with Gasteiger partial charge in [0.15, 0.2) is 0 Å². The molecule has 5 heteroatoms. The van der Waals surface area contributed by atoms with Gasteiger partial charge in [0.25, 0.3) is 0 Å². The Morgan fingerprint density at radius 3 is 2.88 bits per heavy atom. The molecule has 1 unspecified atom stereocenters. The van der Waals surface area contributed by atoms with E-state index in [-0.39, 0.29) is 0 Å². The van der Waals surface area contributed by atoms with Crippen LogP contribution in [-0.4, -0.2) is 41.8 Å². The van der Waals surface area contributed by atoms with Crippen molar-refractivity contribution in [1.29, 1.82) is 0 Å². The number of aromatic nitrogens is 2. The van der Waals surface area contributed by atoms with E-state index >= 15 is 0 Å². The number of hydrogen-bond donors (Lipinski definition) is 0. The molecule has 1 aliphatic heterocycles. The Hall–Kier alpha value is -2.66. The van der Waals surface area contributed by atoms with Crippen molar-refractivity contribution >= 4 is 0 Å². The van der Waals surface area contributed by atoms with E-state index in [1.807, 2.05) is 24.3 Å². The predicted octanol–water partition coefficient (Wildman–Crippen LogP) is 3.78. The average molecular weight is 349 g/mol. The highest BCUT2D eigenvalue weighted by Crippen LogP contribution is 2.28. The number of likely N-dealkylation sites (tertiary alicyclic amines) is 1. The van der Waals surface area contributed by atoms with Crippen molar-refractivity contribution in [3.63, 3.8) is 0 Å². The van der Waals surface area contributed by atoms with Crippen LogP contribution in [-0.2, 0) is 6.42 Å². The van der Waals surface area contributed by atoms with E-state index in [2.05, 4.69) is 45.4 Å². The van der Waals surface area contributed by atoms with E-state index in [0.29, 0.717) is 11.7 Å². The smallest absolute Gasteiger partial charge is 0.231 e. The van der Waals surface area contributed by atoms with Gasteiger partial charge < -0.3 is 14.2 Å². The summed E-state index contributed by atoms with van der Waals surface area (Å²) in [6.45, 7) is 3.12. The van der Waals surface area contributed by atoms with Crippen molar-refractivity contribution in [2.75, 3.05) is 26.7 Å². The molecule has 1 atom stereocenters. The summed E-state index contributed by atoms with van der Waals surface area (Å²) in [5.41, 5.74) is 2.30. The van der Waals surface area contributed by atoms with E-state index in [0.717, 1.165) is 49.7 Å². The number of hydrogen-bond acceptors (Lipinski definition) is 5. The molecule has 1 aliphatic rings. The van der Waals surface area contributed by atoms with Gasteiger partial charge in [0.05, 0.1) is 13.0 Å². The molecular weight excluding hydrogens is 326 g/mol. The molecule has 1 saturated heterocycles. The summed E-state index contributed by atoms with van der Waals surface area (Å²) in [7, 11) is 1.66. The lowest BCUT2D eigenvalue weighted by Gasteiger charge is -2.14. The fourth-order valence-electron chi connectivity index (χ4n) is 3.45. The third-order valence-corrected chi connectivity index (χ3v) is 4.95. The lowest BCUT2D eigenvalue weighted by Crippen LogP contribution is -2.23. The zero-order valence-electron chi connectivity index (χ0n) is 15.0. The fraction of sp³-hybridized carbons (Fsp3) is 0.333. The summed E-state index contributed by atoms with van der Waals surface area (Å²) in [5.74, 6) is 2.48. The molecule has 0 radical (unpaired) electrons. The number of nitrogens with zero attached hydrogens (tertiary/aromatic N) is 3. The zero-order chi connectivity index (χ0) is 17.8. The quantitative estimate of drug-likeness (QED) is 0.678. The Morgan fingerprint density at radius 2 is 2.04 bits per heavy atom. The molecule has 0 amide bonds. The molecule has 0 saturated carbocycles. The maximum Gasteiger partial charge on any atom is 0.231 e. The molecule has 2 aromatic carbocycles. The van der Waals surface area contributed by atoms with Gasteiger partial charge in [-0.3, -0.25) is 0 Å². The predicted molar refractivity (Wildman–Crippen MR) is 100 cm³/mol. The molecule has 4 rings (SSSR count). The lowest BCUT2D eigenvalue weighted by atomic mass is 10.1. The standard InChI is InChI=1S/C21H23N3O2/c1-25-19-9-5-8-17(14-19)20-22-21(26-23-20)18-11-13-24(15-18)12-10-16-6-3-2-4-7-16/h2-9,14,18H,10-13,15H2,1H3. The monoisotopic (exact) mass is 349 g/mol. The van der Waals surface area contributed by atoms with Crippen molar-refractivity contribution in [1.82, 2.24) is 15.0 Å². The number of rotatable bonds is 6. The van der Waals surface area contributed by atoms with Crippen molar-refractivity contribution in [3.8, 4) is 17.1 Å². The van der Waals surface area contributed by atoms with Crippen molar-refractivity contribution in [3.05, 3.63) is 66.1 Å². The van der Waals surface area contributed by atoms with Gasteiger partial charge in [-0.05, 0) is 37.1 Å². The first-order chi connectivity index (χ1) is 12.8. The van der Waals surface area contributed by atoms with Crippen LogP contribution in [0.4, 0.5) is 0 Å². The van der Waals surface area contributed by atoms with Crippen LogP contribution in [0.1, 0.15) is 23.8 Å². The normalized spacial score (nSPS) is 17.5. The molecule has 1 fully saturated rings. The second-order valence-corrected chi connectivity index (χ2v) is 6.71. The third kappa shape index (κ3) is 3.78. The molecule has 0 bridgehead atoms. The Kier molecular flexibility index (Phi) is 4.97. The second kappa shape index (κ2) is 7.70. The zero-order valence-corrected chi connectivity index (χ0v) is 15.0. The highest BCUT2D eigenvalue weighted by molar-refractivity contribution is 5.56. The largest absolute Gasteiger partial charge is 0.497 e. The van der Waals surface area contributed by atoms with E-state index in [4.69, 9.17) is 9.26 Å². The molecular formula is C21H23N3O2. The number of methoxy groups -OCH3 is 1. The van der Waals surface area contributed by atoms with Crippen LogP contribution in [0.3, 0.4) is 0 Å². The van der Waals surface area contributed by atoms with Crippen LogP contribution in [0.2, 0.25) is 0 Å². The van der Waals surface area contributed by atoms with E-state index in [1.54, 1.807) is 7.11 Å². The minimum absolute atomic E-state index is 0.317. The van der Waals surface area contributed by atoms with Crippen LogP contribution >= 0.6 is 0 Å². The molecule has 2 heterocycles. The Labute approximate surface area is 153 Å². The molecule has 26 heavy (non-hydrogen) atoms. The fourth-order valence-corrected chi connectivity index (χ4v) is 3.45. The van der Waals surface area contributed by atoms with Crippen molar-refractivity contribution < 1.29 is 9.26 Å². The molecule has 5 nitrogen and oxygen atoms in total. The van der Waals surface area contributed by atoms with Gasteiger partial charge in [-0.15, -0.1) is 0 Å². The Balaban J connectivity index is 1.37. The van der Waals surface area contributed by atoms with E-state index < -0.39 is 0 Å². The molecule has 0 aliphatic carbocycles. The minimum Gasteiger partial charge on any atom is -0.497 e. The van der Waals surface area contributed by atoms with Gasteiger partial charge in [-0.2, -0.15) is 4.98 Å². The summed E-state index contributed by atoms with van der Waals surface area (Å²) in [4.78, 5) is 7.11. The average Bonchev–Trinajstić information content (AvgIpc) is 3.37. The Bertz CT molecular complexity index is 847. The van der Waals surface area contributed by atoms with Crippen LogP contribution in [0.5, 0.6) is 5.75 Å². The summed E-state index contributed by atoms with van der Waals surface area (Å²) in [5, 5.41) is 4.16. The highest BCUT2D eigenvalue weighted by atomic mass is 16.5. The second-order valence-electron chi connectivity index (χ2n) is 6.71. The van der Waals surface area contributed by atoms with Gasteiger partial charge >= 0.3 is 0 Å². The van der Waals surface area contributed by atoms with E-state index in [1.165, 1.54) is 5.56 Å². The SMILES string of the molecule is COc1cccc(-c2noc(C3CCN(CCc4ccccc4)C3)n2)c1. The topological polar surface area (TPSA) is 51.4 Å². The van der Waals surface area contributed by atoms with Crippen molar-refractivity contribution in [2.45, 2.75) is 18.8 Å². The third-order valence-electron chi connectivity index (χ3n) is 4.95. The van der Waals surface area contributed by atoms with Crippen LogP contribution in [0.15, 0.2) is 59.1 Å².